The van der Waals surface area contributed by atoms with E-state index in [0.717, 1.165) is 11.3 Å². The van der Waals surface area contributed by atoms with Crippen LogP contribution in [0.5, 0.6) is 0 Å². The van der Waals surface area contributed by atoms with Gasteiger partial charge in [0.2, 0.25) is 11.8 Å². The summed E-state index contributed by atoms with van der Waals surface area (Å²) in [5, 5.41) is 0.606. The molecule has 2 heterocycles. The first-order valence-corrected chi connectivity index (χ1v) is 10.2. The van der Waals surface area contributed by atoms with Crippen molar-refractivity contribution < 1.29 is 14.0 Å². The van der Waals surface area contributed by atoms with Crippen LogP contribution in [0, 0.1) is 18.7 Å². The molecule has 2 aliphatic heterocycles. The highest BCUT2D eigenvalue weighted by Crippen LogP contribution is 2.30. The van der Waals surface area contributed by atoms with Gasteiger partial charge in [-0.25, -0.2) is 4.39 Å². The molecule has 0 bridgehead atoms. The van der Waals surface area contributed by atoms with Crippen LogP contribution in [0.15, 0.2) is 42.5 Å². The number of carbonyl (C=O) groups excluding carboxylic acids is 2. The molecular weight excluding hydrogens is 393 g/mol. The molecule has 152 valence electrons. The number of amides is 2. The maximum Gasteiger partial charge on any atom is 0.228 e. The van der Waals surface area contributed by atoms with E-state index in [1.165, 1.54) is 6.07 Å². The molecule has 5 nitrogen and oxygen atoms in total. The predicted molar refractivity (Wildman–Crippen MR) is 112 cm³/mol. The lowest BCUT2D eigenvalue weighted by molar-refractivity contribution is -0.136. The summed E-state index contributed by atoms with van der Waals surface area (Å²) in [6.45, 7) is 4.47. The molecule has 0 aromatic heterocycles. The third-order valence-electron chi connectivity index (χ3n) is 5.73. The number of piperazine rings is 1. The molecule has 7 heteroatoms. The molecule has 2 amide bonds. The van der Waals surface area contributed by atoms with Crippen molar-refractivity contribution in [3.05, 3.63) is 58.9 Å². The molecule has 1 atom stereocenters. The van der Waals surface area contributed by atoms with Crippen LogP contribution in [0.3, 0.4) is 0 Å². The summed E-state index contributed by atoms with van der Waals surface area (Å²) in [5.74, 6) is -0.677. The molecule has 2 aliphatic rings. The Bertz CT molecular complexity index is 943. The summed E-state index contributed by atoms with van der Waals surface area (Å²) in [5.41, 5.74) is 2.24. The van der Waals surface area contributed by atoms with Crippen molar-refractivity contribution in [1.82, 2.24) is 4.90 Å². The monoisotopic (exact) mass is 415 g/mol. The summed E-state index contributed by atoms with van der Waals surface area (Å²) in [4.78, 5) is 30.9. The highest BCUT2D eigenvalue weighted by atomic mass is 35.5. The molecule has 2 saturated heterocycles. The number of aryl methyl sites for hydroxylation is 1. The SMILES string of the molecule is Cc1ccc(N2C[C@@H](C(=O)N3CCN(c4ccccc4F)CC3)CC2=O)cc1Cl. The molecule has 0 N–H and O–H groups in total. The molecule has 0 saturated carbocycles. The zero-order chi connectivity index (χ0) is 20.5. The van der Waals surface area contributed by atoms with E-state index in [1.54, 1.807) is 28.0 Å². The fourth-order valence-corrected chi connectivity index (χ4v) is 4.18. The van der Waals surface area contributed by atoms with Crippen molar-refractivity contribution >= 4 is 34.8 Å². The highest BCUT2D eigenvalue weighted by Gasteiger charge is 2.38. The van der Waals surface area contributed by atoms with Crippen molar-refractivity contribution in [2.45, 2.75) is 13.3 Å². The van der Waals surface area contributed by atoms with Gasteiger partial charge in [0.15, 0.2) is 0 Å². The van der Waals surface area contributed by atoms with Crippen molar-refractivity contribution in [1.29, 1.82) is 0 Å². The van der Waals surface area contributed by atoms with E-state index in [-0.39, 0.29) is 30.0 Å². The topological polar surface area (TPSA) is 43.9 Å². The van der Waals surface area contributed by atoms with Crippen molar-refractivity contribution in [3.8, 4) is 0 Å². The highest BCUT2D eigenvalue weighted by molar-refractivity contribution is 6.31. The summed E-state index contributed by atoms with van der Waals surface area (Å²) < 4.78 is 14.0. The Hall–Kier alpha value is -2.60. The number of halogens is 2. The minimum atomic E-state index is -0.359. The lowest BCUT2D eigenvalue weighted by atomic mass is 10.1. The van der Waals surface area contributed by atoms with Crippen molar-refractivity contribution in [3.63, 3.8) is 0 Å². The van der Waals surface area contributed by atoms with E-state index in [9.17, 15) is 14.0 Å². The van der Waals surface area contributed by atoms with Gasteiger partial charge in [0.25, 0.3) is 0 Å². The first-order valence-electron chi connectivity index (χ1n) is 9.79. The van der Waals surface area contributed by atoms with Gasteiger partial charge in [-0.05, 0) is 36.8 Å². The minimum Gasteiger partial charge on any atom is -0.366 e. The van der Waals surface area contributed by atoms with Crippen LogP contribution >= 0.6 is 11.6 Å². The number of para-hydroxylation sites is 1. The summed E-state index contributed by atoms with van der Waals surface area (Å²) in [6, 6.07) is 12.2. The number of benzene rings is 2. The minimum absolute atomic E-state index is 0.00718. The lowest BCUT2D eigenvalue weighted by Crippen LogP contribution is -2.51. The Balaban J connectivity index is 1.39. The van der Waals surface area contributed by atoms with Gasteiger partial charge >= 0.3 is 0 Å². The largest absolute Gasteiger partial charge is 0.366 e. The number of hydrogen-bond acceptors (Lipinski definition) is 3. The molecular formula is C22H23ClFN3O2. The Morgan fingerprint density at radius 1 is 1.10 bits per heavy atom. The lowest BCUT2D eigenvalue weighted by Gasteiger charge is -2.37. The normalized spacial score (nSPS) is 19.8. The first-order chi connectivity index (χ1) is 13.9. The summed E-state index contributed by atoms with van der Waals surface area (Å²) in [6.07, 6.45) is 0.206. The molecule has 0 unspecified atom stereocenters. The fraction of sp³-hybridized carbons (Fsp3) is 0.364. The van der Waals surface area contributed by atoms with Crippen LogP contribution in [0.25, 0.3) is 0 Å². The molecule has 2 aromatic rings. The second kappa shape index (κ2) is 8.03. The number of carbonyl (C=O) groups is 2. The molecule has 4 rings (SSSR count). The van der Waals surface area contributed by atoms with E-state index in [4.69, 9.17) is 11.6 Å². The maximum absolute atomic E-state index is 14.0. The van der Waals surface area contributed by atoms with E-state index in [1.807, 2.05) is 30.0 Å². The van der Waals surface area contributed by atoms with Gasteiger partial charge in [0, 0.05) is 49.9 Å². The average molecular weight is 416 g/mol. The number of rotatable bonds is 3. The van der Waals surface area contributed by atoms with Crippen LogP contribution in [-0.4, -0.2) is 49.4 Å². The molecule has 2 aromatic carbocycles. The van der Waals surface area contributed by atoms with E-state index in [2.05, 4.69) is 0 Å². The Kier molecular flexibility index (Phi) is 5.46. The summed E-state index contributed by atoms with van der Waals surface area (Å²) in [7, 11) is 0. The van der Waals surface area contributed by atoms with Crippen LogP contribution in [0.2, 0.25) is 5.02 Å². The van der Waals surface area contributed by atoms with Gasteiger partial charge in [-0.3, -0.25) is 9.59 Å². The average Bonchev–Trinajstić information content (AvgIpc) is 3.12. The number of hydrogen-bond donors (Lipinski definition) is 0. The van der Waals surface area contributed by atoms with Crippen LogP contribution in [0.4, 0.5) is 15.8 Å². The second-order valence-electron chi connectivity index (χ2n) is 7.60. The number of anilines is 2. The maximum atomic E-state index is 14.0. The fourth-order valence-electron chi connectivity index (χ4n) is 4.01. The Morgan fingerprint density at radius 2 is 1.83 bits per heavy atom. The predicted octanol–water partition coefficient (Wildman–Crippen LogP) is 3.49. The van der Waals surface area contributed by atoms with Crippen LogP contribution in [0.1, 0.15) is 12.0 Å². The molecule has 0 radical (unpaired) electrons. The van der Waals surface area contributed by atoms with E-state index in [0.29, 0.717) is 43.4 Å². The second-order valence-corrected chi connectivity index (χ2v) is 8.01. The van der Waals surface area contributed by atoms with Crippen molar-refractivity contribution in [2.75, 3.05) is 42.5 Å². The van der Waals surface area contributed by atoms with E-state index < -0.39 is 0 Å². The van der Waals surface area contributed by atoms with Gasteiger partial charge in [0.05, 0.1) is 11.6 Å². The van der Waals surface area contributed by atoms with Gasteiger partial charge in [-0.1, -0.05) is 29.8 Å². The zero-order valence-corrected chi connectivity index (χ0v) is 17.0. The Labute approximate surface area is 174 Å². The quantitative estimate of drug-likeness (QED) is 0.770. The van der Waals surface area contributed by atoms with E-state index >= 15 is 0 Å². The molecule has 0 spiro atoms. The van der Waals surface area contributed by atoms with Crippen LogP contribution < -0.4 is 9.80 Å². The molecule has 29 heavy (non-hydrogen) atoms. The van der Waals surface area contributed by atoms with Gasteiger partial charge in [0.1, 0.15) is 5.82 Å². The zero-order valence-electron chi connectivity index (χ0n) is 16.3. The van der Waals surface area contributed by atoms with Gasteiger partial charge < -0.3 is 14.7 Å². The summed E-state index contributed by atoms with van der Waals surface area (Å²) >= 11 is 6.19. The number of nitrogens with zero attached hydrogens (tertiary/aromatic N) is 3. The van der Waals surface area contributed by atoms with Gasteiger partial charge in [-0.2, -0.15) is 0 Å². The standard InChI is InChI=1S/C22H23ClFN3O2/c1-15-6-7-17(13-18(15)23)27-14-16(12-21(27)28)22(29)26-10-8-25(9-11-26)20-5-3-2-4-19(20)24/h2-7,13,16H,8-12,14H2,1H3/t16-/m0/s1. The Morgan fingerprint density at radius 3 is 2.52 bits per heavy atom. The van der Waals surface area contributed by atoms with Crippen molar-refractivity contribution in [2.24, 2.45) is 5.92 Å². The van der Waals surface area contributed by atoms with Gasteiger partial charge in [-0.15, -0.1) is 0 Å². The smallest absolute Gasteiger partial charge is 0.228 e. The molecule has 0 aliphatic carbocycles. The van der Waals surface area contributed by atoms with Crippen LogP contribution in [-0.2, 0) is 9.59 Å². The third-order valence-corrected chi connectivity index (χ3v) is 6.13. The third kappa shape index (κ3) is 3.94. The first kappa shape index (κ1) is 19.7. The molecule has 2 fully saturated rings.